The van der Waals surface area contributed by atoms with E-state index in [0.29, 0.717) is 25.3 Å². The molecule has 0 bridgehead atoms. The second-order valence-corrected chi connectivity index (χ2v) is 6.59. The van der Waals surface area contributed by atoms with Crippen LogP contribution in [0.1, 0.15) is 18.1 Å². The number of aliphatic carboxylic acids is 2. The third-order valence-electron chi connectivity index (χ3n) is 4.52. The van der Waals surface area contributed by atoms with E-state index in [4.69, 9.17) is 19.7 Å². The zero-order valence-corrected chi connectivity index (χ0v) is 16.5. The number of carbonyl (C=O) groups excluding carboxylic acids is 1. The van der Waals surface area contributed by atoms with Crippen LogP contribution in [0.4, 0.5) is 5.69 Å². The summed E-state index contributed by atoms with van der Waals surface area (Å²) in [6.45, 7) is 4.87. The molecule has 158 valence electrons. The van der Waals surface area contributed by atoms with Crippen LogP contribution in [-0.2, 0) is 32.0 Å². The Balaban J connectivity index is 0.000000321. The van der Waals surface area contributed by atoms with Crippen LogP contribution < -0.4 is 15.0 Å². The summed E-state index contributed by atoms with van der Waals surface area (Å²) in [6, 6.07) is 4.23. The molecule has 1 amide bonds. The van der Waals surface area contributed by atoms with Gasteiger partial charge in [0, 0.05) is 25.8 Å². The monoisotopic (exact) mass is 406 g/mol. The number of carboxylic acid groups (broad SMARTS) is 2. The number of nitrogens with one attached hydrogen (secondary N) is 1. The zero-order valence-electron chi connectivity index (χ0n) is 16.5. The summed E-state index contributed by atoms with van der Waals surface area (Å²) in [5, 5.41) is 19.0. The van der Waals surface area contributed by atoms with Gasteiger partial charge in [0.2, 0.25) is 0 Å². The van der Waals surface area contributed by atoms with Gasteiger partial charge >= 0.3 is 11.9 Å². The highest BCUT2D eigenvalue weighted by Crippen LogP contribution is 2.37. The molecule has 0 spiro atoms. The van der Waals surface area contributed by atoms with Gasteiger partial charge in [-0.2, -0.15) is 0 Å². The van der Waals surface area contributed by atoms with Crippen LogP contribution in [0.3, 0.4) is 0 Å². The van der Waals surface area contributed by atoms with Gasteiger partial charge in [0.25, 0.3) is 5.91 Å². The Kier molecular flexibility index (Phi) is 8.17. The van der Waals surface area contributed by atoms with E-state index >= 15 is 0 Å². The van der Waals surface area contributed by atoms with Gasteiger partial charge in [0.05, 0.1) is 12.3 Å². The van der Waals surface area contributed by atoms with Gasteiger partial charge in [-0.05, 0) is 56.1 Å². The Bertz CT molecular complexity index is 775. The number of fused-ring (bicyclic) bond motifs is 2. The van der Waals surface area contributed by atoms with Gasteiger partial charge in [-0.1, -0.05) is 0 Å². The first-order valence-electron chi connectivity index (χ1n) is 9.31. The summed E-state index contributed by atoms with van der Waals surface area (Å²) in [6.07, 6.45) is 2.68. The number of amides is 1. The highest BCUT2D eigenvalue weighted by atomic mass is 16.5. The van der Waals surface area contributed by atoms with Crippen molar-refractivity contribution in [2.75, 3.05) is 38.3 Å². The van der Waals surface area contributed by atoms with E-state index in [1.807, 2.05) is 0 Å². The van der Waals surface area contributed by atoms with E-state index in [1.54, 1.807) is 18.9 Å². The van der Waals surface area contributed by atoms with Gasteiger partial charge in [-0.25, -0.2) is 9.59 Å². The minimum absolute atomic E-state index is 0.00578. The first-order chi connectivity index (χ1) is 13.8. The van der Waals surface area contributed by atoms with Gasteiger partial charge in [0.15, 0.2) is 6.10 Å². The SMILES string of the molecule is COCCN1C(=O)C(C)Oc2cc3c(cc21)CCNCC3.O=C(O)/C=C/C(=O)O. The number of carboxylic acids is 2. The lowest BCUT2D eigenvalue weighted by atomic mass is 10.00. The van der Waals surface area contributed by atoms with Crippen molar-refractivity contribution in [2.24, 2.45) is 0 Å². The Morgan fingerprint density at radius 2 is 1.79 bits per heavy atom. The van der Waals surface area contributed by atoms with E-state index in [1.165, 1.54) is 11.1 Å². The van der Waals surface area contributed by atoms with E-state index < -0.39 is 18.0 Å². The molecule has 3 rings (SSSR count). The largest absolute Gasteiger partial charge is 0.479 e. The molecule has 29 heavy (non-hydrogen) atoms. The van der Waals surface area contributed by atoms with Gasteiger partial charge in [-0.3, -0.25) is 4.79 Å². The molecule has 1 aromatic carbocycles. The Labute approximate surface area is 168 Å². The lowest BCUT2D eigenvalue weighted by molar-refractivity contribution is -0.134. The van der Waals surface area contributed by atoms with Crippen molar-refractivity contribution in [3.8, 4) is 5.75 Å². The number of carbonyl (C=O) groups is 3. The molecule has 2 aliphatic rings. The lowest BCUT2D eigenvalue weighted by Crippen LogP contribution is -2.46. The molecule has 3 N–H and O–H groups in total. The summed E-state index contributed by atoms with van der Waals surface area (Å²) in [5.41, 5.74) is 3.52. The maximum atomic E-state index is 12.4. The number of methoxy groups -OCH3 is 1. The molecule has 1 aromatic rings. The number of hydrogen-bond donors (Lipinski definition) is 3. The number of rotatable bonds is 5. The van der Waals surface area contributed by atoms with Crippen LogP contribution >= 0.6 is 0 Å². The lowest BCUT2D eigenvalue weighted by Gasteiger charge is -2.33. The topological polar surface area (TPSA) is 125 Å². The number of hydrogen-bond acceptors (Lipinski definition) is 6. The average Bonchev–Trinajstić information content (AvgIpc) is 2.91. The van der Waals surface area contributed by atoms with Crippen molar-refractivity contribution >= 4 is 23.5 Å². The Morgan fingerprint density at radius 3 is 2.34 bits per heavy atom. The minimum Gasteiger partial charge on any atom is -0.479 e. The molecule has 0 radical (unpaired) electrons. The van der Waals surface area contributed by atoms with Crippen LogP contribution in [0.25, 0.3) is 0 Å². The van der Waals surface area contributed by atoms with E-state index in [9.17, 15) is 14.4 Å². The molecular formula is C20H26N2O7. The quantitative estimate of drug-likeness (QED) is 0.615. The van der Waals surface area contributed by atoms with Crippen molar-refractivity contribution in [3.05, 3.63) is 35.4 Å². The highest BCUT2D eigenvalue weighted by molar-refractivity contribution is 6.00. The predicted molar refractivity (Wildman–Crippen MR) is 105 cm³/mol. The molecule has 0 fully saturated rings. The molecule has 9 heteroatoms. The summed E-state index contributed by atoms with van der Waals surface area (Å²) in [5.74, 6) is -1.69. The van der Waals surface area contributed by atoms with Crippen LogP contribution in [0.5, 0.6) is 5.75 Å². The predicted octanol–water partition coefficient (Wildman–Crippen LogP) is 0.847. The number of benzene rings is 1. The first kappa shape index (κ1) is 22.4. The van der Waals surface area contributed by atoms with Crippen LogP contribution in [-0.4, -0.2) is 67.5 Å². The fourth-order valence-corrected chi connectivity index (χ4v) is 3.13. The fraction of sp³-hybridized carbons (Fsp3) is 0.450. The van der Waals surface area contributed by atoms with Crippen molar-refractivity contribution < 1.29 is 34.1 Å². The van der Waals surface area contributed by atoms with E-state index in [0.717, 1.165) is 37.4 Å². The van der Waals surface area contributed by atoms with E-state index in [-0.39, 0.29) is 5.91 Å². The van der Waals surface area contributed by atoms with Crippen molar-refractivity contribution in [3.63, 3.8) is 0 Å². The molecular weight excluding hydrogens is 380 g/mol. The third-order valence-corrected chi connectivity index (χ3v) is 4.52. The first-order valence-corrected chi connectivity index (χ1v) is 9.31. The molecule has 2 aliphatic heterocycles. The second-order valence-electron chi connectivity index (χ2n) is 6.59. The van der Waals surface area contributed by atoms with Gasteiger partial charge in [0.1, 0.15) is 5.75 Å². The molecule has 2 heterocycles. The van der Waals surface area contributed by atoms with E-state index in [2.05, 4.69) is 17.4 Å². The fourth-order valence-electron chi connectivity index (χ4n) is 3.13. The minimum atomic E-state index is -1.26. The summed E-state index contributed by atoms with van der Waals surface area (Å²) < 4.78 is 10.9. The van der Waals surface area contributed by atoms with Crippen molar-refractivity contribution in [1.82, 2.24) is 5.32 Å². The molecule has 0 aromatic heterocycles. The Morgan fingerprint density at radius 1 is 1.21 bits per heavy atom. The number of nitrogens with zero attached hydrogens (tertiary/aromatic N) is 1. The van der Waals surface area contributed by atoms with Gasteiger partial charge in [-0.15, -0.1) is 0 Å². The number of ether oxygens (including phenoxy) is 2. The normalized spacial score (nSPS) is 18.1. The standard InChI is InChI=1S/C16H22N2O3.C4H4O4/c1-11-16(19)18(7-8-20-2)14-9-12-3-5-17-6-4-13(12)10-15(14)21-11;5-3(6)1-2-4(7)8/h9-11,17H,3-8H2,1-2H3;1-2H,(H,5,6)(H,7,8)/b;2-1+. The van der Waals surface area contributed by atoms with Crippen LogP contribution in [0.15, 0.2) is 24.3 Å². The van der Waals surface area contributed by atoms with Crippen molar-refractivity contribution in [2.45, 2.75) is 25.9 Å². The maximum absolute atomic E-state index is 12.4. The maximum Gasteiger partial charge on any atom is 0.328 e. The molecule has 1 unspecified atom stereocenters. The molecule has 0 saturated carbocycles. The smallest absolute Gasteiger partial charge is 0.328 e. The second kappa shape index (κ2) is 10.6. The summed E-state index contributed by atoms with van der Waals surface area (Å²) in [4.78, 5) is 33.3. The highest BCUT2D eigenvalue weighted by Gasteiger charge is 2.32. The van der Waals surface area contributed by atoms with Crippen molar-refractivity contribution in [1.29, 1.82) is 0 Å². The average molecular weight is 406 g/mol. The zero-order chi connectivity index (χ0) is 21.4. The molecule has 1 atom stereocenters. The van der Waals surface area contributed by atoms with Gasteiger partial charge < -0.3 is 29.9 Å². The summed E-state index contributed by atoms with van der Waals surface area (Å²) in [7, 11) is 1.65. The number of anilines is 1. The third kappa shape index (κ3) is 6.30. The molecule has 0 saturated heterocycles. The Hall–Kier alpha value is -2.91. The van der Waals surface area contributed by atoms with Crippen LogP contribution in [0, 0.1) is 0 Å². The van der Waals surface area contributed by atoms with Crippen LogP contribution in [0.2, 0.25) is 0 Å². The molecule has 9 nitrogen and oxygen atoms in total. The summed E-state index contributed by atoms with van der Waals surface area (Å²) >= 11 is 0. The molecule has 0 aliphatic carbocycles.